The maximum atomic E-state index is 5.85. The molecule has 0 saturated carbocycles. The maximum absolute atomic E-state index is 5.85. The summed E-state index contributed by atoms with van der Waals surface area (Å²) in [6.45, 7) is 7.02. The topological polar surface area (TPSA) is 62.2 Å². The van der Waals surface area contributed by atoms with Crippen LogP contribution in [0.3, 0.4) is 0 Å². The van der Waals surface area contributed by atoms with E-state index in [9.17, 15) is 0 Å². The zero-order chi connectivity index (χ0) is 20.6. The number of aromatic nitrogens is 1. The summed E-state index contributed by atoms with van der Waals surface area (Å²) in [7, 11) is 1.85. The minimum Gasteiger partial charge on any atom is -0.473 e. The monoisotopic (exact) mass is 537 g/mol. The fraction of sp³-hybridized carbons (Fsp3) is 0.478. The van der Waals surface area contributed by atoms with Crippen LogP contribution in [0.2, 0.25) is 0 Å². The van der Waals surface area contributed by atoms with E-state index in [1.807, 2.05) is 37.4 Å². The van der Waals surface area contributed by atoms with Crippen LogP contribution in [0.4, 0.5) is 0 Å². The zero-order valence-corrected chi connectivity index (χ0v) is 20.4. The minimum absolute atomic E-state index is 0. The lowest BCUT2D eigenvalue weighted by Crippen LogP contribution is -2.46. The Balaban J connectivity index is 0.00000272. The third-order valence-electron chi connectivity index (χ3n) is 5.72. The molecule has 2 aliphatic rings. The van der Waals surface area contributed by atoms with Gasteiger partial charge >= 0.3 is 0 Å². The summed E-state index contributed by atoms with van der Waals surface area (Å²) in [5, 5.41) is 3.50. The number of hydrogen-bond donors (Lipinski definition) is 1. The molecule has 1 atom stereocenters. The van der Waals surface area contributed by atoms with Gasteiger partial charge in [-0.25, -0.2) is 4.98 Å². The van der Waals surface area contributed by atoms with E-state index < -0.39 is 0 Å². The number of morpholine rings is 1. The summed E-state index contributed by atoms with van der Waals surface area (Å²) in [5.74, 6) is 1.59. The van der Waals surface area contributed by atoms with E-state index in [2.05, 4.69) is 37.2 Å². The first kappa shape index (κ1) is 23.7. The number of aliphatic imine (C=N–C) groups is 1. The molecule has 3 heterocycles. The van der Waals surface area contributed by atoms with Crippen molar-refractivity contribution in [2.24, 2.45) is 4.99 Å². The summed E-state index contributed by atoms with van der Waals surface area (Å²) in [6.07, 6.45) is 2.97. The Morgan fingerprint density at radius 3 is 2.74 bits per heavy atom. The summed E-state index contributed by atoms with van der Waals surface area (Å²) >= 11 is 0. The third kappa shape index (κ3) is 6.78. The van der Waals surface area contributed by atoms with E-state index in [4.69, 9.17) is 9.47 Å². The number of nitrogens with one attached hydrogen (secondary N) is 1. The molecule has 4 rings (SSSR count). The fourth-order valence-corrected chi connectivity index (χ4v) is 4.06. The van der Waals surface area contributed by atoms with Crippen molar-refractivity contribution in [1.29, 1.82) is 0 Å². The number of guanidine groups is 1. The van der Waals surface area contributed by atoms with Crippen LogP contribution in [0, 0.1) is 0 Å². The third-order valence-corrected chi connectivity index (χ3v) is 5.72. The van der Waals surface area contributed by atoms with E-state index in [1.54, 1.807) is 6.20 Å². The molecular formula is C23H32IN5O2. The average molecular weight is 537 g/mol. The number of nitrogens with zero attached hydrogens (tertiary/aromatic N) is 4. The van der Waals surface area contributed by atoms with Gasteiger partial charge in [0, 0.05) is 58.1 Å². The highest BCUT2D eigenvalue weighted by Crippen LogP contribution is 2.17. The van der Waals surface area contributed by atoms with E-state index in [1.165, 1.54) is 6.42 Å². The minimum atomic E-state index is 0. The summed E-state index contributed by atoms with van der Waals surface area (Å²) < 4.78 is 11.3. The Kier molecular flexibility index (Phi) is 9.35. The second-order valence-corrected chi connectivity index (χ2v) is 7.71. The highest BCUT2D eigenvalue weighted by Gasteiger charge is 2.30. The van der Waals surface area contributed by atoms with E-state index in [-0.39, 0.29) is 24.0 Å². The van der Waals surface area contributed by atoms with Gasteiger partial charge in [0.05, 0.1) is 13.2 Å². The second-order valence-electron chi connectivity index (χ2n) is 7.71. The molecular weight excluding hydrogens is 505 g/mol. The lowest BCUT2D eigenvalue weighted by Gasteiger charge is -2.32. The molecule has 1 unspecified atom stereocenters. The van der Waals surface area contributed by atoms with Crippen LogP contribution in [0.15, 0.2) is 53.7 Å². The molecule has 168 valence electrons. The second kappa shape index (κ2) is 12.2. The molecule has 1 N–H and O–H groups in total. The first-order valence-corrected chi connectivity index (χ1v) is 10.7. The van der Waals surface area contributed by atoms with Crippen molar-refractivity contribution in [3.05, 3.63) is 59.8 Å². The highest BCUT2D eigenvalue weighted by atomic mass is 127. The van der Waals surface area contributed by atoms with Crippen molar-refractivity contribution in [2.45, 2.75) is 25.6 Å². The summed E-state index contributed by atoms with van der Waals surface area (Å²) in [5.41, 5.74) is 2.25. The quantitative estimate of drug-likeness (QED) is 0.348. The van der Waals surface area contributed by atoms with Crippen molar-refractivity contribution >= 4 is 29.9 Å². The molecule has 7 nitrogen and oxygen atoms in total. The van der Waals surface area contributed by atoms with Gasteiger partial charge in [0.25, 0.3) is 0 Å². The lowest BCUT2D eigenvalue weighted by atomic mass is 10.2. The normalized spacial score (nSPS) is 19.7. The van der Waals surface area contributed by atoms with Gasteiger partial charge in [0.15, 0.2) is 5.96 Å². The van der Waals surface area contributed by atoms with Gasteiger partial charge in [-0.1, -0.05) is 30.3 Å². The fourth-order valence-electron chi connectivity index (χ4n) is 4.06. The average Bonchev–Trinajstić information content (AvgIpc) is 3.30. The summed E-state index contributed by atoms with van der Waals surface area (Å²) in [6, 6.07) is 14.7. The first-order chi connectivity index (χ1) is 14.8. The molecule has 0 bridgehead atoms. The standard InChI is InChI=1S/C23H31N5O2.HI/c1-24-23(28-10-8-21(17-28)27-11-13-29-14-12-27)26-16-20-7-9-25-22(15-20)30-18-19-5-3-2-4-6-19;/h2-7,9,15,21H,8,10-14,16-18H2,1H3,(H,24,26);1H. The van der Waals surface area contributed by atoms with Crippen molar-refractivity contribution < 1.29 is 9.47 Å². The molecule has 2 aliphatic heterocycles. The first-order valence-electron chi connectivity index (χ1n) is 10.7. The number of rotatable bonds is 6. The number of halogens is 1. The van der Waals surface area contributed by atoms with Crippen LogP contribution in [0.1, 0.15) is 17.5 Å². The Morgan fingerprint density at radius 1 is 1.16 bits per heavy atom. The van der Waals surface area contributed by atoms with Crippen LogP contribution in [0.25, 0.3) is 0 Å². The van der Waals surface area contributed by atoms with Crippen LogP contribution in [-0.4, -0.2) is 73.2 Å². The molecule has 2 aromatic rings. The van der Waals surface area contributed by atoms with Crippen LogP contribution < -0.4 is 10.1 Å². The van der Waals surface area contributed by atoms with Crippen LogP contribution in [-0.2, 0) is 17.9 Å². The van der Waals surface area contributed by atoms with Gasteiger partial charge in [-0.2, -0.15) is 0 Å². The van der Waals surface area contributed by atoms with Crippen molar-refractivity contribution in [1.82, 2.24) is 20.1 Å². The van der Waals surface area contributed by atoms with E-state index in [0.29, 0.717) is 25.1 Å². The van der Waals surface area contributed by atoms with Gasteiger partial charge in [-0.3, -0.25) is 9.89 Å². The number of benzene rings is 1. The van der Waals surface area contributed by atoms with Gasteiger partial charge in [0.1, 0.15) is 6.61 Å². The number of likely N-dealkylation sites (tertiary alicyclic amines) is 1. The zero-order valence-electron chi connectivity index (χ0n) is 18.1. The predicted molar refractivity (Wildman–Crippen MR) is 133 cm³/mol. The van der Waals surface area contributed by atoms with Crippen molar-refractivity contribution in [3.8, 4) is 5.88 Å². The lowest BCUT2D eigenvalue weighted by molar-refractivity contribution is 0.0195. The van der Waals surface area contributed by atoms with Gasteiger partial charge in [-0.15, -0.1) is 24.0 Å². The Hall–Kier alpha value is -1.91. The number of ether oxygens (including phenoxy) is 2. The van der Waals surface area contributed by atoms with E-state index in [0.717, 1.165) is 56.5 Å². The predicted octanol–water partition coefficient (Wildman–Crippen LogP) is 2.76. The van der Waals surface area contributed by atoms with Gasteiger partial charge in [0.2, 0.25) is 5.88 Å². The van der Waals surface area contributed by atoms with Gasteiger partial charge in [-0.05, 0) is 23.6 Å². The SMILES string of the molecule is CN=C(NCc1ccnc(OCc2ccccc2)c1)N1CCC(N2CCOCC2)C1.I. The van der Waals surface area contributed by atoms with Crippen molar-refractivity contribution in [2.75, 3.05) is 46.4 Å². The summed E-state index contributed by atoms with van der Waals surface area (Å²) in [4.78, 5) is 13.7. The smallest absolute Gasteiger partial charge is 0.213 e. The number of pyridine rings is 1. The van der Waals surface area contributed by atoms with E-state index >= 15 is 0 Å². The Morgan fingerprint density at radius 2 is 1.97 bits per heavy atom. The van der Waals surface area contributed by atoms with Crippen LogP contribution in [0.5, 0.6) is 5.88 Å². The van der Waals surface area contributed by atoms with Crippen LogP contribution >= 0.6 is 24.0 Å². The Bertz CT molecular complexity index is 830. The van der Waals surface area contributed by atoms with Crippen molar-refractivity contribution in [3.63, 3.8) is 0 Å². The molecule has 2 saturated heterocycles. The molecule has 8 heteroatoms. The highest BCUT2D eigenvalue weighted by molar-refractivity contribution is 14.0. The largest absolute Gasteiger partial charge is 0.473 e. The molecule has 1 aromatic carbocycles. The molecule has 0 radical (unpaired) electrons. The molecule has 0 amide bonds. The molecule has 0 spiro atoms. The molecule has 1 aromatic heterocycles. The molecule has 2 fully saturated rings. The molecule has 0 aliphatic carbocycles. The maximum Gasteiger partial charge on any atom is 0.213 e. The number of hydrogen-bond acceptors (Lipinski definition) is 5. The molecule has 31 heavy (non-hydrogen) atoms. The van der Waals surface area contributed by atoms with Gasteiger partial charge < -0.3 is 19.7 Å². The Labute approximate surface area is 201 Å².